The molecule has 2 heterocycles. The second kappa shape index (κ2) is 6.36. The van der Waals surface area contributed by atoms with Crippen molar-refractivity contribution in [2.75, 3.05) is 19.6 Å². The Morgan fingerprint density at radius 3 is 2.68 bits per heavy atom. The predicted octanol–water partition coefficient (Wildman–Crippen LogP) is -0.700. The first-order valence-electron chi connectivity index (χ1n) is 6.20. The van der Waals surface area contributed by atoms with Gasteiger partial charge in [0.25, 0.3) is 5.56 Å². The molecule has 0 radical (unpaired) electrons. The number of piperazine rings is 1. The molecule has 108 valence electrons. The zero-order chi connectivity index (χ0) is 13.3. The summed E-state index contributed by atoms with van der Waals surface area (Å²) in [5.41, 5.74) is 0.204. The van der Waals surface area contributed by atoms with Crippen LogP contribution in [-0.2, 0) is 20.6 Å². The van der Waals surface area contributed by atoms with Crippen molar-refractivity contribution >= 4 is 12.4 Å². The lowest BCUT2D eigenvalue weighted by atomic mass is 10.2. The molecule has 0 aromatic carbocycles. The zero-order valence-corrected chi connectivity index (χ0v) is 12.4. The van der Waals surface area contributed by atoms with E-state index in [1.807, 2.05) is 0 Å². The largest absolute Gasteiger partial charge is 0.330 e. The van der Waals surface area contributed by atoms with Crippen molar-refractivity contribution in [3.8, 4) is 0 Å². The summed E-state index contributed by atoms with van der Waals surface area (Å²) in [6.07, 6.45) is 1.65. The Hall–Kier alpha value is -1.11. The average Bonchev–Trinajstić information content (AvgIpc) is 2.33. The molecule has 0 aliphatic carbocycles. The molecule has 1 atom stereocenters. The number of rotatable bonds is 2. The Balaban J connectivity index is 0.00000180. The molecule has 0 amide bonds. The highest BCUT2D eigenvalue weighted by Crippen LogP contribution is 2.03. The van der Waals surface area contributed by atoms with E-state index in [0.717, 1.165) is 19.6 Å². The molecule has 1 aromatic rings. The molecule has 0 bridgehead atoms. The molecule has 7 heteroatoms. The van der Waals surface area contributed by atoms with Gasteiger partial charge in [0, 0.05) is 58.1 Å². The van der Waals surface area contributed by atoms with E-state index >= 15 is 0 Å². The molecular weight excluding hydrogens is 268 g/mol. The lowest BCUT2D eigenvalue weighted by Gasteiger charge is -2.31. The Bertz CT molecular complexity index is 552. The summed E-state index contributed by atoms with van der Waals surface area (Å²) in [5, 5.41) is 3.36. The molecule has 1 aliphatic heterocycles. The maximum atomic E-state index is 12.0. The van der Waals surface area contributed by atoms with Crippen molar-refractivity contribution in [1.82, 2.24) is 19.4 Å². The van der Waals surface area contributed by atoms with E-state index in [9.17, 15) is 9.59 Å². The number of hydrogen-bond donors (Lipinski definition) is 1. The van der Waals surface area contributed by atoms with E-state index < -0.39 is 0 Å². The summed E-state index contributed by atoms with van der Waals surface area (Å²) in [4.78, 5) is 25.8. The predicted molar refractivity (Wildman–Crippen MR) is 76.9 cm³/mol. The molecule has 1 fully saturated rings. The minimum absolute atomic E-state index is 0. The first-order chi connectivity index (χ1) is 8.49. The number of halogens is 1. The van der Waals surface area contributed by atoms with Crippen molar-refractivity contribution in [3.63, 3.8) is 0 Å². The van der Waals surface area contributed by atoms with E-state index in [4.69, 9.17) is 0 Å². The van der Waals surface area contributed by atoms with E-state index in [1.165, 1.54) is 16.2 Å². The van der Waals surface area contributed by atoms with Crippen LogP contribution in [0.5, 0.6) is 0 Å². The maximum absolute atomic E-state index is 12.0. The van der Waals surface area contributed by atoms with Crippen molar-refractivity contribution in [1.29, 1.82) is 0 Å². The van der Waals surface area contributed by atoms with Crippen LogP contribution < -0.4 is 16.6 Å². The van der Waals surface area contributed by atoms with Crippen LogP contribution in [0.4, 0.5) is 0 Å². The third kappa shape index (κ3) is 3.46. The van der Waals surface area contributed by atoms with Crippen LogP contribution in [0.25, 0.3) is 0 Å². The first-order valence-corrected chi connectivity index (χ1v) is 6.20. The van der Waals surface area contributed by atoms with Gasteiger partial charge in [-0.15, -0.1) is 12.4 Å². The fraction of sp³-hybridized carbons (Fsp3) is 0.667. The average molecular weight is 289 g/mol. The quantitative estimate of drug-likeness (QED) is 0.782. The second-order valence-electron chi connectivity index (χ2n) is 5.00. The first kappa shape index (κ1) is 15.9. The second-order valence-corrected chi connectivity index (χ2v) is 5.00. The molecule has 0 unspecified atom stereocenters. The lowest BCUT2D eigenvalue weighted by molar-refractivity contribution is 0.198. The number of nitrogens with one attached hydrogen (secondary N) is 1. The van der Waals surface area contributed by atoms with Gasteiger partial charge < -0.3 is 9.88 Å². The van der Waals surface area contributed by atoms with Gasteiger partial charge in [0.2, 0.25) is 0 Å². The van der Waals surface area contributed by atoms with E-state index in [-0.39, 0.29) is 23.7 Å². The Morgan fingerprint density at radius 1 is 1.37 bits per heavy atom. The smallest absolute Gasteiger partial charge is 0.312 e. The number of aromatic nitrogens is 2. The van der Waals surface area contributed by atoms with Gasteiger partial charge in [-0.3, -0.25) is 14.3 Å². The van der Waals surface area contributed by atoms with Crippen molar-refractivity contribution < 1.29 is 0 Å². The summed E-state index contributed by atoms with van der Waals surface area (Å²) in [6, 6.07) is 0.440. The van der Waals surface area contributed by atoms with Crippen LogP contribution in [0.3, 0.4) is 0 Å². The zero-order valence-electron chi connectivity index (χ0n) is 11.5. The molecule has 2 rings (SSSR count). The van der Waals surface area contributed by atoms with Crippen LogP contribution >= 0.6 is 12.4 Å². The van der Waals surface area contributed by atoms with Gasteiger partial charge >= 0.3 is 5.69 Å². The molecule has 1 aliphatic rings. The maximum Gasteiger partial charge on any atom is 0.330 e. The van der Waals surface area contributed by atoms with Gasteiger partial charge in [-0.25, -0.2) is 4.79 Å². The van der Waals surface area contributed by atoms with Gasteiger partial charge in [0.1, 0.15) is 0 Å². The number of nitrogens with zero attached hydrogens (tertiary/aromatic N) is 3. The Kier molecular flexibility index (Phi) is 5.34. The highest BCUT2D eigenvalue weighted by atomic mass is 35.5. The third-order valence-corrected chi connectivity index (χ3v) is 3.36. The van der Waals surface area contributed by atoms with Gasteiger partial charge in [-0.1, -0.05) is 0 Å². The molecule has 0 saturated carbocycles. The Labute approximate surface area is 118 Å². The van der Waals surface area contributed by atoms with Gasteiger partial charge in [-0.2, -0.15) is 0 Å². The molecule has 1 N–H and O–H groups in total. The molecule has 6 nitrogen and oxygen atoms in total. The van der Waals surface area contributed by atoms with Gasteiger partial charge in [0.05, 0.1) is 0 Å². The van der Waals surface area contributed by atoms with E-state index in [0.29, 0.717) is 18.2 Å². The fourth-order valence-corrected chi connectivity index (χ4v) is 2.39. The van der Waals surface area contributed by atoms with Gasteiger partial charge in [-0.05, 0) is 6.92 Å². The van der Waals surface area contributed by atoms with Crippen LogP contribution in [0.2, 0.25) is 0 Å². The standard InChI is InChI=1S/C12H20N4O2.ClH/c1-9-6-16(5-4-13-9)8-10-7-14(2)12(18)15(3)11(10)17;/h7,9,13H,4-6,8H2,1-3H3;1H/t9-;/m1./s1. The molecule has 1 saturated heterocycles. The molecular formula is C12H21ClN4O2. The van der Waals surface area contributed by atoms with Crippen molar-refractivity contribution in [3.05, 3.63) is 32.6 Å². The highest BCUT2D eigenvalue weighted by Gasteiger charge is 2.17. The monoisotopic (exact) mass is 288 g/mol. The highest BCUT2D eigenvalue weighted by molar-refractivity contribution is 5.85. The third-order valence-electron chi connectivity index (χ3n) is 3.36. The minimum atomic E-state index is -0.280. The lowest BCUT2D eigenvalue weighted by Crippen LogP contribution is -2.49. The topological polar surface area (TPSA) is 59.3 Å². The van der Waals surface area contributed by atoms with Crippen molar-refractivity contribution in [2.24, 2.45) is 14.1 Å². The summed E-state index contributed by atoms with van der Waals surface area (Å²) < 4.78 is 2.63. The fourth-order valence-electron chi connectivity index (χ4n) is 2.39. The summed E-state index contributed by atoms with van der Waals surface area (Å²) >= 11 is 0. The SMILES string of the molecule is C[C@@H]1CN(Cc2cn(C)c(=O)n(C)c2=O)CCN1.Cl. The summed E-state index contributed by atoms with van der Waals surface area (Å²) in [6.45, 7) is 5.52. The van der Waals surface area contributed by atoms with Gasteiger partial charge in [0.15, 0.2) is 0 Å². The summed E-state index contributed by atoms with van der Waals surface area (Å²) in [5.74, 6) is 0. The molecule has 19 heavy (non-hydrogen) atoms. The van der Waals surface area contributed by atoms with Crippen LogP contribution in [0.15, 0.2) is 15.8 Å². The van der Waals surface area contributed by atoms with Crippen LogP contribution in [0.1, 0.15) is 12.5 Å². The minimum Gasteiger partial charge on any atom is -0.312 e. The molecule has 0 spiro atoms. The van der Waals surface area contributed by atoms with E-state index in [1.54, 1.807) is 13.2 Å². The molecule has 1 aromatic heterocycles. The number of aryl methyl sites for hydroxylation is 1. The summed E-state index contributed by atoms with van der Waals surface area (Å²) in [7, 11) is 3.19. The normalized spacial score (nSPS) is 20.1. The van der Waals surface area contributed by atoms with Crippen molar-refractivity contribution in [2.45, 2.75) is 19.5 Å². The van der Waals surface area contributed by atoms with Crippen LogP contribution in [-0.4, -0.2) is 39.7 Å². The Morgan fingerprint density at radius 2 is 2.05 bits per heavy atom. The van der Waals surface area contributed by atoms with E-state index in [2.05, 4.69) is 17.1 Å². The van der Waals surface area contributed by atoms with Crippen LogP contribution in [0, 0.1) is 0 Å². The number of hydrogen-bond acceptors (Lipinski definition) is 4.